The van der Waals surface area contributed by atoms with E-state index in [9.17, 15) is 17.2 Å². The molecular weight excluding hydrogens is 424 g/mol. The summed E-state index contributed by atoms with van der Waals surface area (Å²) < 4.78 is 65.2. The van der Waals surface area contributed by atoms with Crippen LogP contribution in [-0.2, 0) is 34.5 Å². The molecular formula is C23H21F2NO4S. The van der Waals surface area contributed by atoms with E-state index in [-0.39, 0.29) is 43.6 Å². The third kappa shape index (κ3) is 5.10. The first-order chi connectivity index (χ1) is 14.9. The van der Waals surface area contributed by atoms with Gasteiger partial charge in [0.05, 0.1) is 18.1 Å². The molecule has 0 spiro atoms. The molecule has 0 amide bonds. The lowest BCUT2D eigenvalue weighted by molar-refractivity contribution is 0.107. The molecule has 0 saturated carbocycles. The van der Waals surface area contributed by atoms with Gasteiger partial charge < -0.3 is 9.47 Å². The van der Waals surface area contributed by atoms with Gasteiger partial charge in [-0.15, -0.1) is 0 Å². The van der Waals surface area contributed by atoms with E-state index in [0.717, 1.165) is 28.8 Å². The first kappa shape index (κ1) is 21.4. The molecule has 0 bridgehead atoms. The average Bonchev–Trinajstić information content (AvgIpc) is 2.97. The highest BCUT2D eigenvalue weighted by Gasteiger charge is 2.27. The molecule has 0 aliphatic carbocycles. The van der Waals surface area contributed by atoms with E-state index in [2.05, 4.69) is 0 Å². The minimum atomic E-state index is -3.79. The zero-order valence-electron chi connectivity index (χ0n) is 16.6. The molecule has 1 aliphatic rings. The molecule has 3 aromatic rings. The summed E-state index contributed by atoms with van der Waals surface area (Å²) in [7, 11) is -3.79. The maximum atomic E-state index is 13.3. The zero-order chi connectivity index (χ0) is 21.8. The molecule has 0 N–H and O–H groups in total. The fraction of sp³-hybridized carbons (Fsp3) is 0.217. The van der Waals surface area contributed by atoms with Gasteiger partial charge >= 0.3 is 0 Å². The van der Waals surface area contributed by atoms with Crippen LogP contribution in [0.4, 0.5) is 8.78 Å². The Bertz CT molecular complexity index is 1170. The predicted molar refractivity (Wildman–Crippen MR) is 111 cm³/mol. The Morgan fingerprint density at radius 3 is 2.39 bits per heavy atom. The molecule has 1 aliphatic heterocycles. The van der Waals surface area contributed by atoms with E-state index in [1.165, 1.54) is 28.6 Å². The second-order valence-electron chi connectivity index (χ2n) is 7.21. The van der Waals surface area contributed by atoms with Crippen LogP contribution in [0.25, 0.3) is 0 Å². The summed E-state index contributed by atoms with van der Waals surface area (Å²) in [4.78, 5) is 0.0342. The Labute approximate surface area is 179 Å². The van der Waals surface area contributed by atoms with Crippen LogP contribution in [-0.4, -0.2) is 25.9 Å². The van der Waals surface area contributed by atoms with E-state index in [0.29, 0.717) is 5.75 Å². The van der Waals surface area contributed by atoms with Crippen molar-refractivity contribution in [1.29, 1.82) is 0 Å². The van der Waals surface area contributed by atoms with Crippen molar-refractivity contribution in [3.63, 3.8) is 0 Å². The topological polar surface area (TPSA) is 55.8 Å². The van der Waals surface area contributed by atoms with Crippen LogP contribution in [0, 0.1) is 11.6 Å². The summed E-state index contributed by atoms with van der Waals surface area (Å²) in [5.41, 5.74) is 2.30. The van der Waals surface area contributed by atoms with Crippen LogP contribution in [0.15, 0.2) is 71.6 Å². The minimum absolute atomic E-state index is 0.0342. The number of halogens is 2. The maximum absolute atomic E-state index is 13.3. The van der Waals surface area contributed by atoms with Crippen LogP contribution in [0.2, 0.25) is 0 Å². The van der Waals surface area contributed by atoms with Crippen LogP contribution in [0.5, 0.6) is 5.75 Å². The van der Waals surface area contributed by atoms with Crippen molar-refractivity contribution in [2.24, 2.45) is 0 Å². The second-order valence-corrected chi connectivity index (χ2v) is 9.14. The van der Waals surface area contributed by atoms with Crippen molar-refractivity contribution in [2.45, 2.75) is 24.7 Å². The number of sulfonamides is 1. The van der Waals surface area contributed by atoms with E-state index < -0.39 is 15.8 Å². The molecule has 31 heavy (non-hydrogen) atoms. The Balaban J connectivity index is 1.48. The molecule has 4 rings (SSSR count). The van der Waals surface area contributed by atoms with Crippen molar-refractivity contribution in [2.75, 3.05) is 13.2 Å². The highest BCUT2D eigenvalue weighted by molar-refractivity contribution is 7.89. The number of fused-ring (bicyclic) bond motifs is 1. The number of nitrogens with zero attached hydrogens (tertiary/aromatic N) is 1. The molecule has 3 aromatic carbocycles. The van der Waals surface area contributed by atoms with E-state index in [1.807, 2.05) is 12.1 Å². The van der Waals surface area contributed by atoms with Crippen molar-refractivity contribution in [3.05, 3.63) is 95.1 Å². The fourth-order valence-electron chi connectivity index (χ4n) is 3.39. The first-order valence-corrected chi connectivity index (χ1v) is 11.2. The van der Waals surface area contributed by atoms with Gasteiger partial charge in [0.25, 0.3) is 0 Å². The molecule has 1 heterocycles. The molecule has 5 nitrogen and oxygen atoms in total. The lowest BCUT2D eigenvalue weighted by Crippen LogP contribution is -2.32. The molecule has 0 radical (unpaired) electrons. The van der Waals surface area contributed by atoms with Gasteiger partial charge in [0.1, 0.15) is 24.0 Å². The van der Waals surface area contributed by atoms with Crippen molar-refractivity contribution in [3.8, 4) is 5.75 Å². The minimum Gasteiger partial charge on any atom is -0.492 e. The summed E-state index contributed by atoms with van der Waals surface area (Å²) in [5.74, 6) is -0.192. The quantitative estimate of drug-likeness (QED) is 0.569. The number of ether oxygens (including phenoxy) is 2. The van der Waals surface area contributed by atoms with E-state index >= 15 is 0 Å². The largest absolute Gasteiger partial charge is 0.492 e. The Morgan fingerprint density at radius 1 is 0.903 bits per heavy atom. The fourth-order valence-corrected chi connectivity index (χ4v) is 4.79. The Morgan fingerprint density at radius 2 is 1.65 bits per heavy atom. The normalized spacial score (nSPS) is 14.5. The van der Waals surface area contributed by atoms with Crippen LogP contribution in [0.1, 0.15) is 16.7 Å². The molecule has 0 aromatic heterocycles. The maximum Gasteiger partial charge on any atom is 0.243 e. The summed E-state index contributed by atoms with van der Waals surface area (Å²) >= 11 is 0. The number of hydrogen-bond acceptors (Lipinski definition) is 4. The average molecular weight is 445 g/mol. The summed E-state index contributed by atoms with van der Waals surface area (Å²) in [5, 5.41) is 0. The van der Waals surface area contributed by atoms with E-state index in [1.54, 1.807) is 18.2 Å². The van der Waals surface area contributed by atoms with Gasteiger partial charge in [0, 0.05) is 18.7 Å². The van der Waals surface area contributed by atoms with Gasteiger partial charge in [-0.05, 0) is 59.7 Å². The molecule has 0 fully saturated rings. The van der Waals surface area contributed by atoms with Crippen molar-refractivity contribution >= 4 is 10.0 Å². The smallest absolute Gasteiger partial charge is 0.243 e. The number of hydrogen-bond donors (Lipinski definition) is 0. The van der Waals surface area contributed by atoms with E-state index in [4.69, 9.17) is 9.47 Å². The van der Waals surface area contributed by atoms with Gasteiger partial charge in [-0.3, -0.25) is 0 Å². The monoisotopic (exact) mass is 445 g/mol. The van der Waals surface area contributed by atoms with Gasteiger partial charge in [0.15, 0.2) is 0 Å². The Kier molecular flexibility index (Phi) is 6.31. The van der Waals surface area contributed by atoms with Gasteiger partial charge in [-0.25, -0.2) is 17.2 Å². The van der Waals surface area contributed by atoms with Crippen LogP contribution >= 0.6 is 0 Å². The third-order valence-corrected chi connectivity index (χ3v) is 6.81. The standard InChI is InChI=1S/C23H21F2NO4S/c24-20-5-7-22(8-6-20)31(27,28)26-10-11-30-23-9-4-18(12-19(23)14-26)16-29-15-17-2-1-3-21(25)13-17/h1-9,12-13H,10-11,14-16H2. The molecule has 0 saturated heterocycles. The molecule has 0 atom stereocenters. The molecule has 162 valence electrons. The molecule has 0 unspecified atom stereocenters. The van der Waals surface area contributed by atoms with Gasteiger partial charge in [-0.1, -0.05) is 18.2 Å². The van der Waals surface area contributed by atoms with Gasteiger partial charge in [-0.2, -0.15) is 4.31 Å². The third-order valence-electron chi connectivity index (χ3n) is 4.95. The van der Waals surface area contributed by atoms with Crippen molar-refractivity contribution in [1.82, 2.24) is 4.31 Å². The lowest BCUT2D eigenvalue weighted by atomic mass is 10.1. The van der Waals surface area contributed by atoms with Crippen molar-refractivity contribution < 1.29 is 26.7 Å². The second kappa shape index (κ2) is 9.13. The Hall–Kier alpha value is -2.81. The van der Waals surface area contributed by atoms with Gasteiger partial charge in [0.2, 0.25) is 10.0 Å². The summed E-state index contributed by atoms with van der Waals surface area (Å²) in [6, 6.07) is 16.5. The summed E-state index contributed by atoms with van der Waals surface area (Å²) in [6.07, 6.45) is 0. The molecule has 8 heteroatoms. The summed E-state index contributed by atoms with van der Waals surface area (Å²) in [6.45, 7) is 1.07. The number of rotatable bonds is 6. The van der Waals surface area contributed by atoms with Crippen LogP contribution in [0.3, 0.4) is 0 Å². The predicted octanol–water partition coefficient (Wildman–Crippen LogP) is 4.26. The number of benzene rings is 3. The zero-order valence-corrected chi connectivity index (χ0v) is 17.4. The highest BCUT2D eigenvalue weighted by Crippen LogP contribution is 2.28. The SMILES string of the molecule is O=S(=O)(c1ccc(F)cc1)N1CCOc2ccc(COCc3cccc(F)c3)cc2C1. The van der Waals surface area contributed by atoms with Crippen LogP contribution < -0.4 is 4.74 Å². The lowest BCUT2D eigenvalue weighted by Gasteiger charge is -2.19. The highest BCUT2D eigenvalue weighted by atomic mass is 32.2. The first-order valence-electron chi connectivity index (χ1n) is 9.74.